The molecule has 78 valence electrons. The zero-order valence-electron chi connectivity index (χ0n) is 7.33. The highest BCUT2D eigenvalue weighted by molar-refractivity contribution is 5.85. The molecule has 2 aliphatic rings. The maximum absolute atomic E-state index is 9.57. The summed E-state index contributed by atoms with van der Waals surface area (Å²) in [6, 6.07) is -0.162. The van der Waals surface area contributed by atoms with Gasteiger partial charge in [0.1, 0.15) is 0 Å². The highest BCUT2D eigenvalue weighted by Gasteiger charge is 2.48. The highest BCUT2D eigenvalue weighted by Crippen LogP contribution is 2.32. The molecule has 2 fully saturated rings. The van der Waals surface area contributed by atoms with Crippen LogP contribution in [0.25, 0.3) is 0 Å². The van der Waals surface area contributed by atoms with Crippen molar-refractivity contribution in [3.63, 3.8) is 0 Å². The summed E-state index contributed by atoms with van der Waals surface area (Å²) in [7, 11) is 0. The number of nitrogens with zero attached hydrogens (tertiary/aromatic N) is 1. The number of aliphatic hydroxyl groups is 3. The molecule has 0 aliphatic carbocycles. The Morgan fingerprint density at radius 1 is 1.23 bits per heavy atom. The number of halogens is 1. The topological polar surface area (TPSA) is 63.9 Å². The third kappa shape index (κ3) is 1.57. The predicted molar refractivity (Wildman–Crippen MR) is 49.9 cm³/mol. The van der Waals surface area contributed by atoms with Crippen LogP contribution in [0.2, 0.25) is 0 Å². The van der Waals surface area contributed by atoms with Crippen LogP contribution >= 0.6 is 12.4 Å². The van der Waals surface area contributed by atoms with Gasteiger partial charge in [-0.15, -0.1) is 12.4 Å². The van der Waals surface area contributed by atoms with E-state index in [0.717, 1.165) is 19.4 Å². The molecule has 2 heterocycles. The van der Waals surface area contributed by atoms with Crippen molar-refractivity contribution < 1.29 is 15.3 Å². The van der Waals surface area contributed by atoms with Gasteiger partial charge >= 0.3 is 0 Å². The molecular weight excluding hydrogens is 194 g/mol. The van der Waals surface area contributed by atoms with Gasteiger partial charge in [0.05, 0.1) is 24.9 Å². The first-order chi connectivity index (χ1) is 5.75. The fourth-order valence-corrected chi connectivity index (χ4v) is 2.46. The summed E-state index contributed by atoms with van der Waals surface area (Å²) in [5.74, 6) is 0. The molecule has 0 radical (unpaired) electrons. The largest absolute Gasteiger partial charge is 0.395 e. The molecular formula is C8H16ClNO3. The molecule has 5 heteroatoms. The van der Waals surface area contributed by atoms with Gasteiger partial charge in [-0.3, -0.25) is 4.90 Å². The maximum atomic E-state index is 9.57. The number of hydrogen-bond acceptors (Lipinski definition) is 4. The van der Waals surface area contributed by atoms with E-state index in [4.69, 9.17) is 5.11 Å². The van der Waals surface area contributed by atoms with Gasteiger partial charge in [-0.25, -0.2) is 0 Å². The fraction of sp³-hybridized carbons (Fsp3) is 1.00. The van der Waals surface area contributed by atoms with Crippen LogP contribution in [-0.2, 0) is 0 Å². The molecule has 13 heavy (non-hydrogen) atoms. The molecule has 4 nitrogen and oxygen atoms in total. The molecule has 4 atom stereocenters. The first-order valence-corrected chi connectivity index (χ1v) is 4.48. The summed E-state index contributed by atoms with van der Waals surface area (Å²) in [5, 5.41) is 28.1. The van der Waals surface area contributed by atoms with Gasteiger partial charge in [0.2, 0.25) is 0 Å². The second-order valence-corrected chi connectivity index (χ2v) is 3.68. The van der Waals surface area contributed by atoms with E-state index in [9.17, 15) is 10.2 Å². The van der Waals surface area contributed by atoms with Crippen molar-refractivity contribution in [1.82, 2.24) is 4.90 Å². The Morgan fingerprint density at radius 3 is 2.54 bits per heavy atom. The third-order valence-corrected chi connectivity index (χ3v) is 3.09. The second kappa shape index (κ2) is 4.11. The molecule has 0 aromatic rings. The molecule has 0 aromatic carbocycles. The lowest BCUT2D eigenvalue weighted by Gasteiger charge is -2.21. The van der Waals surface area contributed by atoms with E-state index >= 15 is 0 Å². The molecule has 2 rings (SSSR count). The van der Waals surface area contributed by atoms with Crippen molar-refractivity contribution in [2.45, 2.75) is 37.1 Å². The van der Waals surface area contributed by atoms with Crippen LogP contribution in [0.5, 0.6) is 0 Å². The van der Waals surface area contributed by atoms with Crippen LogP contribution < -0.4 is 0 Å². The average molecular weight is 210 g/mol. The van der Waals surface area contributed by atoms with E-state index in [0.29, 0.717) is 0 Å². The minimum absolute atomic E-state index is 0. The summed E-state index contributed by atoms with van der Waals surface area (Å²) in [4.78, 5) is 2.02. The van der Waals surface area contributed by atoms with Crippen LogP contribution in [0.15, 0.2) is 0 Å². The third-order valence-electron chi connectivity index (χ3n) is 3.09. The number of aliphatic hydroxyl groups excluding tert-OH is 3. The molecule has 0 spiro atoms. The summed E-state index contributed by atoms with van der Waals surface area (Å²) in [6.07, 6.45) is 0.574. The van der Waals surface area contributed by atoms with Gasteiger partial charge in [0.15, 0.2) is 0 Å². The van der Waals surface area contributed by atoms with Crippen molar-refractivity contribution in [2.24, 2.45) is 0 Å². The molecule has 0 aromatic heterocycles. The van der Waals surface area contributed by atoms with Crippen LogP contribution in [0.1, 0.15) is 12.8 Å². The Bertz CT molecular complexity index is 179. The predicted octanol–water partition coefficient (Wildman–Crippen LogP) is -1.03. The lowest BCUT2D eigenvalue weighted by atomic mass is 10.1. The Kier molecular flexibility index (Phi) is 3.54. The molecule has 0 bridgehead atoms. The number of rotatable bonds is 1. The Labute approximate surface area is 83.6 Å². The summed E-state index contributed by atoms with van der Waals surface area (Å²) < 4.78 is 0. The van der Waals surface area contributed by atoms with Crippen molar-refractivity contribution in [3.8, 4) is 0 Å². The molecule has 0 saturated carbocycles. The molecule has 2 saturated heterocycles. The smallest absolute Gasteiger partial charge is 0.0991 e. The fourth-order valence-electron chi connectivity index (χ4n) is 2.46. The van der Waals surface area contributed by atoms with E-state index in [-0.39, 0.29) is 31.1 Å². The van der Waals surface area contributed by atoms with Crippen molar-refractivity contribution in [2.75, 3.05) is 13.2 Å². The van der Waals surface area contributed by atoms with Crippen LogP contribution in [0, 0.1) is 0 Å². The van der Waals surface area contributed by atoms with E-state index < -0.39 is 12.2 Å². The quantitative estimate of drug-likeness (QED) is 0.517. The minimum Gasteiger partial charge on any atom is -0.395 e. The molecule has 2 aliphatic heterocycles. The van der Waals surface area contributed by atoms with E-state index in [1.807, 2.05) is 4.90 Å². The van der Waals surface area contributed by atoms with Gasteiger partial charge in [-0.2, -0.15) is 0 Å². The van der Waals surface area contributed by atoms with Crippen molar-refractivity contribution in [3.05, 3.63) is 0 Å². The second-order valence-electron chi connectivity index (χ2n) is 3.68. The zero-order valence-corrected chi connectivity index (χ0v) is 8.15. The van der Waals surface area contributed by atoms with Gasteiger partial charge in [-0.1, -0.05) is 0 Å². The first kappa shape index (κ1) is 11.2. The molecule has 0 amide bonds. The SMILES string of the molecule is Cl.OC[C@@H]1[C@@H](O)[C@H](O)[C@H]2CCCN12. The highest BCUT2D eigenvalue weighted by atomic mass is 35.5. The van der Waals surface area contributed by atoms with Gasteiger partial charge in [0.25, 0.3) is 0 Å². The van der Waals surface area contributed by atoms with Crippen LogP contribution in [0.3, 0.4) is 0 Å². The van der Waals surface area contributed by atoms with Gasteiger partial charge in [-0.05, 0) is 19.4 Å². The Balaban J connectivity index is 0.000000845. The maximum Gasteiger partial charge on any atom is 0.0991 e. The normalized spacial score (nSPS) is 44.5. The van der Waals surface area contributed by atoms with Crippen LogP contribution in [-0.4, -0.2) is 57.7 Å². The first-order valence-electron chi connectivity index (χ1n) is 4.48. The average Bonchev–Trinajstić information content (AvgIpc) is 2.59. The lowest BCUT2D eigenvalue weighted by Crippen LogP contribution is -2.38. The van der Waals surface area contributed by atoms with Gasteiger partial charge in [0, 0.05) is 6.04 Å². The van der Waals surface area contributed by atoms with Crippen molar-refractivity contribution in [1.29, 1.82) is 0 Å². The van der Waals surface area contributed by atoms with E-state index in [2.05, 4.69) is 0 Å². The van der Waals surface area contributed by atoms with E-state index in [1.165, 1.54) is 0 Å². The Hall–Kier alpha value is 0.130. The zero-order chi connectivity index (χ0) is 8.72. The number of hydrogen-bond donors (Lipinski definition) is 3. The van der Waals surface area contributed by atoms with Crippen LogP contribution in [0.4, 0.5) is 0 Å². The summed E-state index contributed by atoms with van der Waals surface area (Å²) in [6.45, 7) is 0.832. The number of fused-ring (bicyclic) bond motifs is 1. The van der Waals surface area contributed by atoms with Crippen molar-refractivity contribution >= 4 is 12.4 Å². The Morgan fingerprint density at radius 2 is 1.92 bits per heavy atom. The molecule has 3 N–H and O–H groups in total. The molecule has 0 unspecified atom stereocenters. The minimum atomic E-state index is -0.764. The monoisotopic (exact) mass is 209 g/mol. The standard InChI is InChI=1S/C8H15NO3.ClH/c10-4-6-8(12)7(11)5-2-1-3-9(5)6;/h5-8,10-12H,1-4H2;1H/t5-,6-,7-,8-;/m1./s1. The van der Waals surface area contributed by atoms with Gasteiger partial charge < -0.3 is 15.3 Å². The van der Waals surface area contributed by atoms with E-state index in [1.54, 1.807) is 0 Å². The summed E-state index contributed by atoms with van der Waals surface area (Å²) in [5.41, 5.74) is 0. The summed E-state index contributed by atoms with van der Waals surface area (Å²) >= 11 is 0. The lowest BCUT2D eigenvalue weighted by molar-refractivity contribution is 0.0154.